The summed E-state index contributed by atoms with van der Waals surface area (Å²) in [6, 6.07) is 14.3. The summed E-state index contributed by atoms with van der Waals surface area (Å²) < 4.78 is 3.84. The van der Waals surface area contributed by atoms with Crippen LogP contribution in [0.15, 0.2) is 53.9 Å². The number of nitrogens with one attached hydrogen (secondary N) is 1. The molecule has 30 heavy (non-hydrogen) atoms. The third-order valence-corrected chi connectivity index (χ3v) is 5.05. The maximum atomic E-state index is 13.6. The van der Waals surface area contributed by atoms with Crippen LogP contribution in [-0.4, -0.2) is 26.9 Å². The largest absolute Gasteiger partial charge is 0.349 e. The van der Waals surface area contributed by atoms with E-state index >= 15 is 0 Å². The summed E-state index contributed by atoms with van der Waals surface area (Å²) in [5.74, 6) is -0.624. The molecule has 1 heterocycles. The van der Waals surface area contributed by atoms with Gasteiger partial charge in [0.2, 0.25) is 5.91 Å². The molecule has 3 rings (SSSR count). The number of carbonyl (C=O) groups is 2. The highest BCUT2D eigenvalue weighted by molar-refractivity contribution is 7.03. The molecule has 0 aliphatic rings. The number of benzene rings is 2. The molecule has 3 aromatic rings. The summed E-state index contributed by atoms with van der Waals surface area (Å²) in [5.41, 5.74) is 3.03. The van der Waals surface area contributed by atoms with Gasteiger partial charge in [0.1, 0.15) is 6.04 Å². The lowest BCUT2D eigenvalue weighted by molar-refractivity contribution is -0.123. The average molecular weight is 423 g/mol. The maximum absolute atomic E-state index is 13.6. The van der Waals surface area contributed by atoms with Gasteiger partial charge in [-0.25, -0.2) is 0 Å². The zero-order chi connectivity index (χ0) is 21.9. The Kier molecular flexibility index (Phi) is 6.31. The van der Waals surface area contributed by atoms with E-state index in [-0.39, 0.29) is 17.5 Å². The van der Waals surface area contributed by atoms with Gasteiger partial charge in [-0.1, -0.05) is 47.0 Å². The second kappa shape index (κ2) is 8.75. The Labute approximate surface area is 181 Å². The fraction of sp³-hybridized carbons (Fsp3) is 0.304. The fourth-order valence-corrected chi connectivity index (χ4v) is 3.65. The van der Waals surface area contributed by atoms with Crippen molar-refractivity contribution in [2.24, 2.45) is 0 Å². The van der Waals surface area contributed by atoms with E-state index in [1.165, 1.54) is 4.90 Å². The number of nitrogens with zero attached hydrogens (tertiary/aromatic N) is 3. The lowest BCUT2D eigenvalue weighted by atomic mass is 9.99. The molecule has 156 valence electrons. The third kappa shape index (κ3) is 4.91. The van der Waals surface area contributed by atoms with Gasteiger partial charge in [0.15, 0.2) is 5.69 Å². The molecule has 0 saturated heterocycles. The van der Waals surface area contributed by atoms with Gasteiger partial charge in [-0.3, -0.25) is 14.5 Å². The standard InChI is InChI=1S/C23H26N4O2S/c1-15-11-12-16(2)19(13-15)27(22(29)18-14-30-26-25-18)20(17-9-7-6-8-10-17)21(28)24-23(3,4)5/h6-14,20H,1-5H3,(H,24,28)/t20-/m0/s1. The minimum atomic E-state index is -0.861. The van der Waals surface area contributed by atoms with E-state index in [9.17, 15) is 9.59 Å². The van der Waals surface area contributed by atoms with Crippen molar-refractivity contribution in [3.63, 3.8) is 0 Å². The Balaban J connectivity index is 2.21. The number of carbonyl (C=O) groups excluding carboxylic acids is 2. The predicted molar refractivity (Wildman–Crippen MR) is 120 cm³/mol. The molecule has 1 aromatic heterocycles. The highest BCUT2D eigenvalue weighted by Crippen LogP contribution is 2.33. The molecule has 1 N–H and O–H groups in total. The molecule has 0 aliphatic heterocycles. The van der Waals surface area contributed by atoms with Crippen molar-refractivity contribution in [1.82, 2.24) is 14.9 Å². The van der Waals surface area contributed by atoms with Crippen LogP contribution in [0.25, 0.3) is 0 Å². The van der Waals surface area contributed by atoms with Crippen molar-refractivity contribution in [1.29, 1.82) is 0 Å². The van der Waals surface area contributed by atoms with Gasteiger partial charge in [-0.15, -0.1) is 5.10 Å². The molecule has 0 fully saturated rings. The van der Waals surface area contributed by atoms with Crippen molar-refractivity contribution in [3.05, 3.63) is 76.3 Å². The molecule has 7 heteroatoms. The lowest BCUT2D eigenvalue weighted by Crippen LogP contribution is -2.49. The maximum Gasteiger partial charge on any atom is 0.280 e. The molecule has 0 unspecified atom stereocenters. The monoisotopic (exact) mass is 422 g/mol. The number of rotatable bonds is 5. The Bertz CT molecular complexity index is 1030. The molecule has 0 radical (unpaired) electrons. The van der Waals surface area contributed by atoms with Gasteiger partial charge in [-0.05, 0) is 68.9 Å². The summed E-state index contributed by atoms with van der Waals surface area (Å²) in [5, 5.41) is 8.61. The molecule has 0 bridgehead atoms. The molecule has 6 nitrogen and oxygen atoms in total. The normalized spacial score (nSPS) is 12.3. The summed E-state index contributed by atoms with van der Waals surface area (Å²) in [4.78, 5) is 28.6. The number of aromatic nitrogens is 2. The molecular formula is C23H26N4O2S. The van der Waals surface area contributed by atoms with E-state index in [0.717, 1.165) is 28.2 Å². The molecular weight excluding hydrogens is 396 g/mol. The molecule has 0 saturated carbocycles. The first-order valence-electron chi connectivity index (χ1n) is 9.72. The van der Waals surface area contributed by atoms with Crippen molar-refractivity contribution in [2.75, 3.05) is 4.90 Å². The van der Waals surface area contributed by atoms with Crippen LogP contribution < -0.4 is 10.2 Å². The summed E-state index contributed by atoms with van der Waals surface area (Å²) >= 11 is 1.10. The summed E-state index contributed by atoms with van der Waals surface area (Å²) in [6.07, 6.45) is 0. The Morgan fingerprint density at radius 3 is 2.37 bits per heavy atom. The highest BCUT2D eigenvalue weighted by Gasteiger charge is 2.36. The number of hydrogen-bond acceptors (Lipinski definition) is 5. The van der Waals surface area contributed by atoms with E-state index < -0.39 is 11.6 Å². The van der Waals surface area contributed by atoms with Crippen LogP contribution in [0.4, 0.5) is 5.69 Å². The third-order valence-electron chi connectivity index (χ3n) is 4.54. The predicted octanol–water partition coefficient (Wildman–Crippen LogP) is 4.46. The topological polar surface area (TPSA) is 75.2 Å². The van der Waals surface area contributed by atoms with Crippen LogP contribution in [0, 0.1) is 13.8 Å². The van der Waals surface area contributed by atoms with Gasteiger partial charge >= 0.3 is 0 Å². The van der Waals surface area contributed by atoms with Crippen molar-refractivity contribution in [2.45, 2.75) is 46.2 Å². The van der Waals surface area contributed by atoms with E-state index in [0.29, 0.717) is 5.69 Å². The fourth-order valence-electron chi connectivity index (χ4n) is 3.22. The SMILES string of the molecule is Cc1ccc(C)c(N(C(=O)c2csnn2)[C@H](C(=O)NC(C)(C)C)c2ccccc2)c1. The number of hydrogen-bond donors (Lipinski definition) is 1. The van der Waals surface area contributed by atoms with E-state index in [2.05, 4.69) is 14.9 Å². The van der Waals surface area contributed by atoms with Gasteiger partial charge in [0.25, 0.3) is 5.91 Å². The highest BCUT2D eigenvalue weighted by atomic mass is 32.1. The molecule has 1 atom stereocenters. The zero-order valence-corrected chi connectivity index (χ0v) is 18.7. The zero-order valence-electron chi connectivity index (χ0n) is 17.8. The van der Waals surface area contributed by atoms with Crippen LogP contribution in [-0.2, 0) is 4.79 Å². The Morgan fingerprint density at radius 2 is 1.77 bits per heavy atom. The molecule has 2 aromatic carbocycles. The van der Waals surface area contributed by atoms with Gasteiger partial charge in [-0.2, -0.15) is 0 Å². The molecule has 0 spiro atoms. The van der Waals surface area contributed by atoms with Crippen LogP contribution in [0.1, 0.15) is 54.0 Å². The lowest BCUT2D eigenvalue weighted by Gasteiger charge is -2.34. The van der Waals surface area contributed by atoms with Crippen LogP contribution in [0.3, 0.4) is 0 Å². The van der Waals surface area contributed by atoms with Crippen LogP contribution >= 0.6 is 11.5 Å². The molecule has 0 aliphatic carbocycles. The minimum Gasteiger partial charge on any atom is -0.349 e. The Hall–Kier alpha value is -3.06. The van der Waals surface area contributed by atoms with Crippen molar-refractivity contribution in [3.8, 4) is 0 Å². The van der Waals surface area contributed by atoms with Gasteiger partial charge in [0.05, 0.1) is 0 Å². The summed E-state index contributed by atoms with van der Waals surface area (Å²) in [7, 11) is 0. The summed E-state index contributed by atoms with van der Waals surface area (Å²) in [6.45, 7) is 9.64. The number of amides is 2. The van der Waals surface area contributed by atoms with Crippen LogP contribution in [0.5, 0.6) is 0 Å². The number of aryl methyl sites for hydroxylation is 2. The van der Waals surface area contributed by atoms with Crippen molar-refractivity contribution >= 4 is 29.0 Å². The number of anilines is 1. The second-order valence-electron chi connectivity index (χ2n) is 8.31. The second-order valence-corrected chi connectivity index (χ2v) is 8.92. The van der Waals surface area contributed by atoms with Gasteiger partial charge in [0, 0.05) is 16.6 Å². The Morgan fingerprint density at radius 1 is 1.07 bits per heavy atom. The molecule has 2 amide bonds. The van der Waals surface area contributed by atoms with Crippen molar-refractivity contribution < 1.29 is 9.59 Å². The average Bonchev–Trinajstić information content (AvgIpc) is 3.21. The van der Waals surface area contributed by atoms with Crippen LogP contribution in [0.2, 0.25) is 0 Å². The first-order chi connectivity index (χ1) is 14.2. The first-order valence-corrected chi connectivity index (χ1v) is 10.6. The minimum absolute atomic E-state index is 0.213. The van der Waals surface area contributed by atoms with E-state index in [1.54, 1.807) is 5.38 Å². The smallest absolute Gasteiger partial charge is 0.280 e. The quantitative estimate of drug-likeness (QED) is 0.659. The van der Waals surface area contributed by atoms with Gasteiger partial charge < -0.3 is 5.32 Å². The van der Waals surface area contributed by atoms with E-state index in [4.69, 9.17) is 0 Å². The first kappa shape index (κ1) is 21.6. The van der Waals surface area contributed by atoms with E-state index in [1.807, 2.05) is 83.1 Å².